The van der Waals surface area contributed by atoms with Crippen LogP contribution in [0.25, 0.3) is 0 Å². The standard InChI is InChI=1S/C18H29N3O3S/c1-25-12-5-17(19)18(22)20-14-15-3-2-4-16(13-15)24-11-8-21-6-9-23-10-7-21/h2-4,13,17H,5-12,14,19H2,1H3,(H,20,22)/t17-/m0/s1. The molecule has 1 aliphatic rings. The SMILES string of the molecule is CSCC[C@H](N)C(=O)NCc1cccc(OCCN2CCOCC2)c1. The molecule has 0 unspecified atom stereocenters. The van der Waals surface area contributed by atoms with E-state index in [-0.39, 0.29) is 5.91 Å². The van der Waals surface area contributed by atoms with Crippen molar-refractivity contribution < 1.29 is 14.3 Å². The zero-order valence-corrected chi connectivity index (χ0v) is 15.7. The molecular weight excluding hydrogens is 338 g/mol. The van der Waals surface area contributed by atoms with Crippen LogP contribution >= 0.6 is 11.8 Å². The predicted octanol–water partition coefficient (Wildman–Crippen LogP) is 1.09. The van der Waals surface area contributed by atoms with Crippen molar-refractivity contribution in [3.8, 4) is 5.75 Å². The minimum absolute atomic E-state index is 0.104. The number of rotatable bonds is 10. The van der Waals surface area contributed by atoms with E-state index in [2.05, 4.69) is 10.2 Å². The smallest absolute Gasteiger partial charge is 0.237 e. The van der Waals surface area contributed by atoms with Crippen molar-refractivity contribution >= 4 is 17.7 Å². The molecule has 0 aromatic heterocycles. The van der Waals surface area contributed by atoms with E-state index in [0.29, 0.717) is 19.6 Å². The van der Waals surface area contributed by atoms with Gasteiger partial charge >= 0.3 is 0 Å². The number of ether oxygens (including phenoxy) is 2. The normalized spacial score (nSPS) is 16.4. The summed E-state index contributed by atoms with van der Waals surface area (Å²) in [5.41, 5.74) is 6.88. The van der Waals surface area contributed by atoms with E-state index in [1.54, 1.807) is 11.8 Å². The third kappa shape index (κ3) is 7.64. The highest BCUT2D eigenvalue weighted by Crippen LogP contribution is 2.13. The summed E-state index contributed by atoms with van der Waals surface area (Å²) in [4.78, 5) is 14.3. The van der Waals surface area contributed by atoms with Gasteiger partial charge in [0.25, 0.3) is 0 Å². The second kappa shape index (κ2) is 11.4. The van der Waals surface area contributed by atoms with E-state index in [0.717, 1.165) is 49.9 Å². The van der Waals surface area contributed by atoms with Gasteiger partial charge in [-0.05, 0) is 36.1 Å². The molecule has 1 heterocycles. The van der Waals surface area contributed by atoms with Crippen molar-refractivity contribution in [3.05, 3.63) is 29.8 Å². The first-order chi connectivity index (χ1) is 12.2. The van der Waals surface area contributed by atoms with Crippen molar-refractivity contribution in [1.29, 1.82) is 0 Å². The molecule has 1 aromatic rings. The van der Waals surface area contributed by atoms with Crippen molar-refractivity contribution in [2.75, 3.05) is 51.5 Å². The third-order valence-electron chi connectivity index (χ3n) is 4.11. The molecule has 1 saturated heterocycles. The highest BCUT2D eigenvalue weighted by molar-refractivity contribution is 7.98. The van der Waals surface area contributed by atoms with Gasteiger partial charge in [-0.2, -0.15) is 11.8 Å². The number of hydrogen-bond donors (Lipinski definition) is 2. The Kier molecular flexibility index (Phi) is 9.10. The maximum Gasteiger partial charge on any atom is 0.237 e. The van der Waals surface area contributed by atoms with E-state index in [1.165, 1.54) is 0 Å². The Hall–Kier alpha value is -1.28. The van der Waals surface area contributed by atoms with E-state index in [9.17, 15) is 4.79 Å². The second-order valence-electron chi connectivity index (χ2n) is 6.06. The van der Waals surface area contributed by atoms with Crippen LogP contribution in [0.2, 0.25) is 0 Å². The largest absolute Gasteiger partial charge is 0.492 e. The molecule has 1 fully saturated rings. The van der Waals surface area contributed by atoms with Crippen LogP contribution in [0.4, 0.5) is 0 Å². The highest BCUT2D eigenvalue weighted by Gasteiger charge is 2.12. The average molecular weight is 368 g/mol. The van der Waals surface area contributed by atoms with Crippen molar-refractivity contribution in [1.82, 2.24) is 10.2 Å². The Balaban J connectivity index is 1.71. The van der Waals surface area contributed by atoms with Crippen LogP contribution in [0, 0.1) is 0 Å². The zero-order valence-electron chi connectivity index (χ0n) is 14.9. The number of morpholine rings is 1. The number of carbonyl (C=O) groups excluding carboxylic acids is 1. The van der Waals surface area contributed by atoms with Crippen molar-refractivity contribution in [3.63, 3.8) is 0 Å². The lowest BCUT2D eigenvalue weighted by molar-refractivity contribution is -0.122. The minimum atomic E-state index is -0.444. The van der Waals surface area contributed by atoms with Gasteiger partial charge in [-0.3, -0.25) is 9.69 Å². The topological polar surface area (TPSA) is 76.8 Å². The molecule has 1 aliphatic heterocycles. The number of carbonyl (C=O) groups is 1. The van der Waals surface area contributed by atoms with Gasteiger partial charge in [0.2, 0.25) is 5.91 Å². The summed E-state index contributed by atoms with van der Waals surface area (Å²) >= 11 is 1.69. The number of thioether (sulfide) groups is 1. The summed E-state index contributed by atoms with van der Waals surface area (Å²) in [5, 5.41) is 2.89. The number of nitrogens with zero attached hydrogens (tertiary/aromatic N) is 1. The zero-order chi connectivity index (χ0) is 17.9. The Labute approximate surface area is 154 Å². The monoisotopic (exact) mass is 367 g/mol. The summed E-state index contributed by atoms with van der Waals surface area (Å²) in [6.07, 6.45) is 2.70. The fourth-order valence-corrected chi connectivity index (χ4v) is 3.05. The first kappa shape index (κ1) is 20.0. The predicted molar refractivity (Wildman–Crippen MR) is 102 cm³/mol. The maximum absolute atomic E-state index is 12.0. The van der Waals surface area contributed by atoms with Crippen LogP contribution in [0.15, 0.2) is 24.3 Å². The summed E-state index contributed by atoms with van der Waals surface area (Å²) < 4.78 is 11.2. The number of nitrogens with one attached hydrogen (secondary N) is 1. The molecule has 140 valence electrons. The van der Waals surface area contributed by atoms with E-state index in [4.69, 9.17) is 15.2 Å². The molecule has 0 radical (unpaired) electrons. The molecule has 1 aromatic carbocycles. The van der Waals surface area contributed by atoms with Gasteiger partial charge in [0, 0.05) is 26.2 Å². The second-order valence-corrected chi connectivity index (χ2v) is 7.04. The van der Waals surface area contributed by atoms with Gasteiger partial charge in [0.1, 0.15) is 12.4 Å². The Bertz CT molecular complexity index is 524. The molecule has 0 bridgehead atoms. The molecule has 6 nitrogen and oxygen atoms in total. The average Bonchev–Trinajstić information content (AvgIpc) is 2.65. The maximum atomic E-state index is 12.0. The molecule has 1 amide bonds. The van der Waals surface area contributed by atoms with Gasteiger partial charge in [0.15, 0.2) is 0 Å². The molecule has 25 heavy (non-hydrogen) atoms. The molecule has 0 aliphatic carbocycles. The lowest BCUT2D eigenvalue weighted by Gasteiger charge is -2.26. The Morgan fingerprint density at radius 1 is 1.44 bits per heavy atom. The number of hydrogen-bond acceptors (Lipinski definition) is 6. The fourth-order valence-electron chi connectivity index (χ4n) is 2.56. The quantitative estimate of drug-likeness (QED) is 0.645. The van der Waals surface area contributed by atoms with Gasteiger partial charge in [-0.15, -0.1) is 0 Å². The molecule has 0 saturated carbocycles. The first-order valence-electron chi connectivity index (χ1n) is 8.73. The van der Waals surface area contributed by atoms with Gasteiger partial charge in [0.05, 0.1) is 19.3 Å². The first-order valence-corrected chi connectivity index (χ1v) is 10.1. The van der Waals surface area contributed by atoms with E-state index in [1.807, 2.05) is 30.5 Å². The van der Waals surface area contributed by atoms with Crippen LogP contribution in [0.3, 0.4) is 0 Å². The number of nitrogens with two attached hydrogens (primary N) is 1. The molecular formula is C18H29N3O3S. The number of amides is 1. The van der Waals surface area contributed by atoms with Gasteiger partial charge in [-0.1, -0.05) is 12.1 Å². The molecule has 2 rings (SSSR count). The lowest BCUT2D eigenvalue weighted by atomic mass is 10.2. The molecule has 0 spiro atoms. The summed E-state index contributed by atoms with van der Waals surface area (Å²) in [6, 6.07) is 7.38. The fraction of sp³-hybridized carbons (Fsp3) is 0.611. The molecule has 3 N–H and O–H groups in total. The summed E-state index contributed by atoms with van der Waals surface area (Å²) in [5.74, 6) is 1.61. The number of benzene rings is 1. The van der Waals surface area contributed by atoms with Crippen LogP contribution in [0.5, 0.6) is 5.75 Å². The Morgan fingerprint density at radius 2 is 2.24 bits per heavy atom. The molecule has 7 heteroatoms. The van der Waals surface area contributed by atoms with Gasteiger partial charge in [-0.25, -0.2) is 0 Å². The van der Waals surface area contributed by atoms with Gasteiger partial charge < -0.3 is 20.5 Å². The third-order valence-corrected chi connectivity index (χ3v) is 4.76. The van der Waals surface area contributed by atoms with Crippen LogP contribution in [0.1, 0.15) is 12.0 Å². The highest BCUT2D eigenvalue weighted by atomic mass is 32.2. The summed E-state index contributed by atoms with van der Waals surface area (Å²) in [6.45, 7) is 5.54. The van der Waals surface area contributed by atoms with Crippen LogP contribution < -0.4 is 15.8 Å². The van der Waals surface area contributed by atoms with E-state index >= 15 is 0 Å². The van der Waals surface area contributed by atoms with Crippen LogP contribution in [-0.2, 0) is 16.1 Å². The van der Waals surface area contributed by atoms with E-state index < -0.39 is 6.04 Å². The van der Waals surface area contributed by atoms with Crippen LogP contribution in [-0.4, -0.2) is 68.3 Å². The molecule has 1 atom stereocenters. The lowest BCUT2D eigenvalue weighted by Crippen LogP contribution is -2.40. The minimum Gasteiger partial charge on any atom is -0.492 e. The summed E-state index contributed by atoms with van der Waals surface area (Å²) in [7, 11) is 0. The Morgan fingerprint density at radius 3 is 3.00 bits per heavy atom. The van der Waals surface area contributed by atoms with Crippen molar-refractivity contribution in [2.45, 2.75) is 19.0 Å². The van der Waals surface area contributed by atoms with Crippen molar-refractivity contribution in [2.24, 2.45) is 5.73 Å².